The van der Waals surface area contributed by atoms with Crippen LogP contribution >= 0.6 is 15.9 Å². The van der Waals surface area contributed by atoms with E-state index < -0.39 is 0 Å². The van der Waals surface area contributed by atoms with Gasteiger partial charge in [-0.2, -0.15) is 5.10 Å². The highest BCUT2D eigenvalue weighted by Gasteiger charge is 2.23. The third-order valence-corrected chi connectivity index (χ3v) is 5.51. The summed E-state index contributed by atoms with van der Waals surface area (Å²) in [4.78, 5) is 27.0. The van der Waals surface area contributed by atoms with Crippen molar-refractivity contribution in [1.29, 1.82) is 0 Å². The van der Waals surface area contributed by atoms with Crippen molar-refractivity contribution >= 4 is 34.0 Å². The van der Waals surface area contributed by atoms with Crippen molar-refractivity contribution in [3.05, 3.63) is 70.2 Å². The van der Waals surface area contributed by atoms with Crippen molar-refractivity contribution in [2.45, 2.75) is 39.2 Å². The summed E-state index contributed by atoms with van der Waals surface area (Å²) in [6.07, 6.45) is 3.99. The molecule has 0 spiro atoms. The fraction of sp³-hybridized carbons (Fsp3) is 0.375. The number of likely N-dealkylation sites (N-methyl/N-ethyl adjacent to an activating group) is 1. The SMILES string of the molecule is CCN(CC)C(CCCCNC(=O)c1ccccc1)C(=O)N/N=C/c1cccc(Br)c1. The maximum atomic E-state index is 12.8. The fourth-order valence-corrected chi connectivity index (χ4v) is 3.75. The van der Waals surface area contributed by atoms with Crippen LogP contribution in [0, 0.1) is 0 Å². The zero-order chi connectivity index (χ0) is 22.5. The van der Waals surface area contributed by atoms with Crippen molar-refractivity contribution in [3.63, 3.8) is 0 Å². The Hall–Kier alpha value is -2.51. The molecule has 0 aliphatic heterocycles. The van der Waals surface area contributed by atoms with Crippen LogP contribution in [0.2, 0.25) is 0 Å². The number of carbonyl (C=O) groups is 2. The van der Waals surface area contributed by atoms with E-state index in [1.165, 1.54) is 0 Å². The second-order valence-corrected chi connectivity index (χ2v) is 8.06. The smallest absolute Gasteiger partial charge is 0.257 e. The van der Waals surface area contributed by atoms with Gasteiger partial charge in [0, 0.05) is 16.6 Å². The van der Waals surface area contributed by atoms with Crippen LogP contribution in [0.3, 0.4) is 0 Å². The molecule has 2 aromatic rings. The average Bonchev–Trinajstić information content (AvgIpc) is 2.78. The number of nitrogens with one attached hydrogen (secondary N) is 2. The van der Waals surface area contributed by atoms with Crippen LogP contribution < -0.4 is 10.7 Å². The molecule has 0 saturated carbocycles. The lowest BCUT2D eigenvalue weighted by atomic mass is 10.1. The number of hydrazone groups is 1. The third kappa shape index (κ3) is 8.63. The van der Waals surface area contributed by atoms with E-state index in [9.17, 15) is 9.59 Å². The van der Waals surface area contributed by atoms with E-state index in [1.54, 1.807) is 18.3 Å². The first-order valence-corrected chi connectivity index (χ1v) is 11.5. The zero-order valence-electron chi connectivity index (χ0n) is 18.2. The molecule has 0 bridgehead atoms. The summed E-state index contributed by atoms with van der Waals surface area (Å²) < 4.78 is 0.961. The van der Waals surface area contributed by atoms with Gasteiger partial charge in [-0.15, -0.1) is 0 Å². The highest BCUT2D eigenvalue weighted by Crippen LogP contribution is 2.11. The normalized spacial score (nSPS) is 12.1. The monoisotopic (exact) mass is 486 g/mol. The molecule has 1 unspecified atom stereocenters. The number of hydrogen-bond acceptors (Lipinski definition) is 4. The Morgan fingerprint density at radius 1 is 1.06 bits per heavy atom. The second-order valence-electron chi connectivity index (χ2n) is 7.14. The lowest BCUT2D eigenvalue weighted by Crippen LogP contribution is -2.45. The van der Waals surface area contributed by atoms with E-state index >= 15 is 0 Å². The number of amides is 2. The predicted molar refractivity (Wildman–Crippen MR) is 129 cm³/mol. The van der Waals surface area contributed by atoms with Gasteiger partial charge in [-0.1, -0.05) is 60.1 Å². The van der Waals surface area contributed by atoms with Crippen molar-refractivity contribution in [2.24, 2.45) is 5.10 Å². The number of nitrogens with zero attached hydrogens (tertiary/aromatic N) is 2. The number of benzene rings is 2. The molecular weight excluding hydrogens is 456 g/mol. The molecule has 7 heteroatoms. The van der Waals surface area contributed by atoms with Crippen molar-refractivity contribution in [3.8, 4) is 0 Å². The molecule has 2 rings (SSSR count). The third-order valence-electron chi connectivity index (χ3n) is 5.02. The van der Waals surface area contributed by atoms with E-state index in [2.05, 4.69) is 50.5 Å². The minimum Gasteiger partial charge on any atom is -0.352 e. The van der Waals surface area contributed by atoms with Crippen LogP contribution in [0.5, 0.6) is 0 Å². The minimum atomic E-state index is -0.250. The van der Waals surface area contributed by atoms with Crippen LogP contribution in [0.4, 0.5) is 0 Å². The molecule has 0 radical (unpaired) electrons. The maximum Gasteiger partial charge on any atom is 0.257 e. The number of carbonyl (C=O) groups excluding carboxylic acids is 2. The summed E-state index contributed by atoms with van der Waals surface area (Å²) in [7, 11) is 0. The van der Waals surface area contributed by atoms with Crippen LogP contribution in [-0.4, -0.2) is 48.6 Å². The van der Waals surface area contributed by atoms with E-state index in [0.29, 0.717) is 18.5 Å². The van der Waals surface area contributed by atoms with Crippen LogP contribution in [0.1, 0.15) is 49.0 Å². The Balaban J connectivity index is 1.82. The molecule has 0 saturated heterocycles. The average molecular weight is 487 g/mol. The molecule has 6 nitrogen and oxygen atoms in total. The maximum absolute atomic E-state index is 12.8. The van der Waals surface area contributed by atoms with Gasteiger partial charge in [-0.3, -0.25) is 14.5 Å². The summed E-state index contributed by atoms with van der Waals surface area (Å²) in [5, 5.41) is 7.06. The Labute approximate surface area is 193 Å². The number of rotatable bonds is 12. The van der Waals surface area contributed by atoms with Gasteiger partial charge in [0.25, 0.3) is 11.8 Å². The predicted octanol–water partition coefficient (Wildman–Crippen LogP) is 4.21. The number of hydrogen-bond donors (Lipinski definition) is 2. The van der Waals surface area contributed by atoms with Crippen LogP contribution in [0.25, 0.3) is 0 Å². The first kappa shape index (κ1) is 24.8. The first-order chi connectivity index (χ1) is 15.0. The Morgan fingerprint density at radius 3 is 2.48 bits per heavy atom. The Morgan fingerprint density at radius 2 is 1.81 bits per heavy atom. The molecule has 2 N–H and O–H groups in total. The standard InChI is InChI=1S/C24H31BrN4O2/c1-3-29(4-2)22(24(31)28-27-18-19-11-10-14-21(25)17-19)15-8-9-16-26-23(30)20-12-6-5-7-13-20/h5-7,10-14,17-18,22H,3-4,8-9,15-16H2,1-2H3,(H,26,30)(H,28,31)/b27-18+. The van der Waals surface area contributed by atoms with Crippen LogP contribution in [0.15, 0.2) is 64.2 Å². The molecule has 166 valence electrons. The molecule has 2 amide bonds. The second kappa shape index (κ2) is 13.7. The van der Waals surface area contributed by atoms with Crippen molar-refractivity contribution in [2.75, 3.05) is 19.6 Å². The fourth-order valence-electron chi connectivity index (χ4n) is 3.33. The summed E-state index contributed by atoms with van der Waals surface area (Å²) >= 11 is 3.43. The first-order valence-electron chi connectivity index (χ1n) is 10.7. The topological polar surface area (TPSA) is 73.8 Å². The highest BCUT2D eigenvalue weighted by atomic mass is 79.9. The van der Waals surface area contributed by atoms with Gasteiger partial charge in [0.05, 0.1) is 12.3 Å². The summed E-state index contributed by atoms with van der Waals surface area (Å²) in [5.74, 6) is -0.177. The van der Waals surface area contributed by atoms with Gasteiger partial charge >= 0.3 is 0 Å². The van der Waals surface area contributed by atoms with Crippen molar-refractivity contribution in [1.82, 2.24) is 15.6 Å². The van der Waals surface area contributed by atoms with E-state index in [4.69, 9.17) is 0 Å². The lowest BCUT2D eigenvalue weighted by molar-refractivity contribution is -0.126. The molecule has 2 aromatic carbocycles. The summed E-state index contributed by atoms with van der Waals surface area (Å²) in [6, 6.07) is 16.6. The molecule has 1 atom stereocenters. The number of halogens is 1. The summed E-state index contributed by atoms with van der Waals surface area (Å²) in [5.41, 5.74) is 4.25. The molecule has 0 heterocycles. The Bertz CT molecular complexity index is 854. The van der Waals surface area contributed by atoms with Gasteiger partial charge in [-0.25, -0.2) is 5.43 Å². The van der Waals surface area contributed by atoms with E-state index in [0.717, 1.165) is 36.0 Å². The van der Waals surface area contributed by atoms with Gasteiger partial charge in [0.15, 0.2) is 0 Å². The van der Waals surface area contributed by atoms with Gasteiger partial charge in [0.2, 0.25) is 0 Å². The van der Waals surface area contributed by atoms with Gasteiger partial charge in [-0.05, 0) is 62.2 Å². The molecule has 0 aliphatic rings. The quantitative estimate of drug-likeness (QED) is 0.268. The Kier molecular flexibility index (Phi) is 11.0. The van der Waals surface area contributed by atoms with Crippen LogP contribution in [-0.2, 0) is 4.79 Å². The zero-order valence-corrected chi connectivity index (χ0v) is 19.8. The highest BCUT2D eigenvalue weighted by molar-refractivity contribution is 9.10. The molecular formula is C24H31BrN4O2. The molecule has 0 aliphatic carbocycles. The minimum absolute atomic E-state index is 0.0690. The molecule has 31 heavy (non-hydrogen) atoms. The van der Waals surface area contributed by atoms with E-state index in [-0.39, 0.29) is 17.9 Å². The lowest BCUT2D eigenvalue weighted by Gasteiger charge is -2.28. The largest absolute Gasteiger partial charge is 0.352 e. The summed E-state index contributed by atoms with van der Waals surface area (Å²) in [6.45, 7) is 6.26. The molecule has 0 fully saturated rings. The van der Waals surface area contributed by atoms with Gasteiger partial charge < -0.3 is 5.32 Å². The number of unbranched alkanes of at least 4 members (excludes halogenated alkanes) is 1. The molecule has 0 aromatic heterocycles. The van der Waals surface area contributed by atoms with E-state index in [1.807, 2.05) is 42.5 Å². The van der Waals surface area contributed by atoms with Crippen molar-refractivity contribution < 1.29 is 9.59 Å². The van der Waals surface area contributed by atoms with Gasteiger partial charge in [0.1, 0.15) is 0 Å².